The van der Waals surface area contributed by atoms with E-state index in [2.05, 4.69) is 32.7 Å². The Bertz CT molecular complexity index is 1060. The highest BCUT2D eigenvalue weighted by Gasteiger charge is 2.17. The van der Waals surface area contributed by atoms with Gasteiger partial charge in [-0.3, -0.25) is 19.2 Å². The number of hydrogen-bond acceptors (Lipinski definition) is 6. The zero-order chi connectivity index (χ0) is 21.5. The average Bonchev–Trinajstić information content (AvgIpc) is 2.76. The number of esters is 1. The van der Waals surface area contributed by atoms with Crippen molar-refractivity contribution in [2.75, 3.05) is 13.2 Å². The van der Waals surface area contributed by atoms with E-state index in [0.717, 1.165) is 30.2 Å². The summed E-state index contributed by atoms with van der Waals surface area (Å²) in [5.74, 6) is -2.26. The van der Waals surface area contributed by atoms with E-state index in [-0.39, 0.29) is 31.1 Å². The third kappa shape index (κ3) is 4.99. The molecule has 0 fully saturated rings. The van der Waals surface area contributed by atoms with Crippen LogP contribution in [0.4, 0.5) is 0 Å². The van der Waals surface area contributed by atoms with Crippen molar-refractivity contribution in [3.63, 3.8) is 0 Å². The fourth-order valence-corrected chi connectivity index (χ4v) is 3.08. The fourth-order valence-electron chi connectivity index (χ4n) is 3.08. The van der Waals surface area contributed by atoms with Crippen molar-refractivity contribution in [3.8, 4) is 0 Å². The molecule has 3 N–H and O–H groups in total. The van der Waals surface area contributed by atoms with Crippen molar-refractivity contribution < 1.29 is 19.1 Å². The number of carbonyl (C=O) groups is 3. The van der Waals surface area contributed by atoms with Crippen molar-refractivity contribution in [2.24, 2.45) is 0 Å². The van der Waals surface area contributed by atoms with Crippen LogP contribution in [0.25, 0.3) is 6.08 Å². The zero-order valence-electron chi connectivity index (χ0n) is 16.5. The van der Waals surface area contributed by atoms with Crippen LogP contribution < -0.4 is 16.2 Å². The summed E-state index contributed by atoms with van der Waals surface area (Å²) in [6.07, 6.45) is 7.11. The normalized spacial score (nSPS) is 12.0. The number of carbonyl (C=O) groups excluding carboxylic acids is 3. The van der Waals surface area contributed by atoms with Gasteiger partial charge >= 0.3 is 5.97 Å². The van der Waals surface area contributed by atoms with Gasteiger partial charge in [-0.25, -0.2) is 4.98 Å². The van der Waals surface area contributed by atoms with E-state index in [1.165, 1.54) is 5.56 Å². The second-order valence-corrected chi connectivity index (χ2v) is 6.58. The minimum atomic E-state index is -0.755. The molecule has 156 valence electrons. The number of fused-ring (bicyclic) bond motifs is 1. The molecule has 9 heteroatoms. The Labute approximate surface area is 172 Å². The molecule has 30 heavy (non-hydrogen) atoms. The van der Waals surface area contributed by atoms with E-state index >= 15 is 0 Å². The van der Waals surface area contributed by atoms with Crippen molar-refractivity contribution >= 4 is 23.9 Å². The van der Waals surface area contributed by atoms with Gasteiger partial charge in [0, 0.05) is 12.7 Å². The number of nitrogens with zero attached hydrogens (tertiary/aromatic N) is 1. The third-order valence-corrected chi connectivity index (χ3v) is 4.55. The molecule has 1 heterocycles. The lowest BCUT2D eigenvalue weighted by molar-refractivity contribution is -0.141. The second kappa shape index (κ2) is 9.64. The summed E-state index contributed by atoms with van der Waals surface area (Å²) in [5.41, 5.74) is 2.30. The molecule has 1 aliphatic rings. The predicted octanol–water partition coefficient (Wildman–Crippen LogP) is 0.952. The SMILES string of the molecule is CCOC(=O)CNC(=O)c1ncc(C(=O)NCc2cccc3c2C=CCC3)c(=O)[nH]1. The lowest BCUT2D eigenvalue weighted by Gasteiger charge is -2.15. The quantitative estimate of drug-likeness (QED) is 0.583. The number of hydrogen-bond donors (Lipinski definition) is 3. The number of ether oxygens (including phenoxy) is 1. The highest BCUT2D eigenvalue weighted by Crippen LogP contribution is 2.22. The Balaban J connectivity index is 1.63. The molecule has 0 radical (unpaired) electrons. The van der Waals surface area contributed by atoms with Crippen LogP contribution in [0.5, 0.6) is 0 Å². The molecule has 0 saturated carbocycles. The van der Waals surface area contributed by atoms with E-state index in [0.29, 0.717) is 0 Å². The van der Waals surface area contributed by atoms with Gasteiger partial charge in [0.15, 0.2) is 5.82 Å². The monoisotopic (exact) mass is 410 g/mol. The van der Waals surface area contributed by atoms with Crippen LogP contribution in [-0.4, -0.2) is 40.9 Å². The minimum Gasteiger partial charge on any atom is -0.465 e. The highest BCUT2D eigenvalue weighted by molar-refractivity contribution is 5.95. The largest absolute Gasteiger partial charge is 0.465 e. The Morgan fingerprint density at radius 1 is 1.20 bits per heavy atom. The number of benzene rings is 1. The average molecular weight is 410 g/mol. The van der Waals surface area contributed by atoms with Crippen molar-refractivity contribution in [2.45, 2.75) is 26.3 Å². The molecule has 0 aliphatic heterocycles. The maximum Gasteiger partial charge on any atom is 0.325 e. The van der Waals surface area contributed by atoms with Crippen LogP contribution in [0.15, 0.2) is 35.3 Å². The van der Waals surface area contributed by atoms with E-state index in [1.807, 2.05) is 18.2 Å². The first-order valence-electron chi connectivity index (χ1n) is 9.58. The topological polar surface area (TPSA) is 130 Å². The highest BCUT2D eigenvalue weighted by atomic mass is 16.5. The summed E-state index contributed by atoms with van der Waals surface area (Å²) in [6, 6.07) is 5.93. The van der Waals surface area contributed by atoms with Gasteiger partial charge in [-0.15, -0.1) is 0 Å². The van der Waals surface area contributed by atoms with Crippen LogP contribution in [0.3, 0.4) is 0 Å². The van der Waals surface area contributed by atoms with Gasteiger partial charge in [-0.05, 0) is 36.5 Å². The van der Waals surface area contributed by atoms with Crippen LogP contribution in [-0.2, 0) is 22.5 Å². The maximum atomic E-state index is 12.4. The molecule has 1 aromatic carbocycles. The zero-order valence-corrected chi connectivity index (χ0v) is 16.5. The van der Waals surface area contributed by atoms with Crippen LogP contribution in [0.1, 0.15) is 51.0 Å². The molecule has 9 nitrogen and oxygen atoms in total. The summed E-state index contributed by atoms with van der Waals surface area (Å²) < 4.78 is 4.70. The van der Waals surface area contributed by atoms with Gasteiger partial charge in [-0.2, -0.15) is 0 Å². The lowest BCUT2D eigenvalue weighted by Crippen LogP contribution is -2.35. The van der Waals surface area contributed by atoms with Gasteiger partial charge in [-0.1, -0.05) is 30.4 Å². The Hall–Kier alpha value is -3.75. The number of nitrogens with one attached hydrogen (secondary N) is 3. The first-order chi connectivity index (χ1) is 14.5. The molecular weight excluding hydrogens is 388 g/mol. The van der Waals surface area contributed by atoms with Crippen molar-refractivity contribution in [3.05, 3.63) is 68.9 Å². The number of H-pyrrole nitrogens is 1. The smallest absolute Gasteiger partial charge is 0.325 e. The predicted molar refractivity (Wildman–Crippen MR) is 109 cm³/mol. The number of rotatable bonds is 7. The second-order valence-electron chi connectivity index (χ2n) is 6.58. The van der Waals surface area contributed by atoms with E-state index in [9.17, 15) is 19.2 Å². The Morgan fingerprint density at radius 2 is 2.03 bits per heavy atom. The first kappa shape index (κ1) is 21.0. The van der Waals surface area contributed by atoms with Gasteiger partial charge in [0.2, 0.25) is 0 Å². The standard InChI is InChI=1S/C21H22N4O5/c1-2-30-17(26)12-24-21(29)18-22-11-16(20(28)25-18)19(27)23-10-14-8-5-7-13-6-3-4-9-15(13)14/h4-5,7-9,11H,2-3,6,10,12H2,1H3,(H,23,27)(H,24,29)(H,22,25,28). The van der Waals surface area contributed by atoms with Crippen molar-refractivity contribution in [1.29, 1.82) is 0 Å². The molecule has 2 aromatic rings. The van der Waals surface area contributed by atoms with Crippen LogP contribution in [0, 0.1) is 0 Å². The third-order valence-electron chi connectivity index (χ3n) is 4.55. The van der Waals surface area contributed by atoms with E-state index in [1.54, 1.807) is 6.92 Å². The number of aryl methyl sites for hydroxylation is 1. The molecule has 0 saturated heterocycles. The van der Waals surface area contributed by atoms with E-state index in [4.69, 9.17) is 4.74 Å². The number of aromatic nitrogens is 2. The van der Waals surface area contributed by atoms with Crippen molar-refractivity contribution in [1.82, 2.24) is 20.6 Å². The maximum absolute atomic E-state index is 12.4. The molecule has 1 aliphatic carbocycles. The molecular formula is C21H22N4O5. The summed E-state index contributed by atoms with van der Waals surface area (Å²) >= 11 is 0. The van der Waals surface area contributed by atoms with Crippen LogP contribution in [0.2, 0.25) is 0 Å². The van der Waals surface area contributed by atoms with Crippen LogP contribution >= 0.6 is 0 Å². The number of amides is 2. The summed E-state index contributed by atoms with van der Waals surface area (Å²) in [5, 5.41) is 5.00. The van der Waals surface area contributed by atoms with Gasteiger partial charge < -0.3 is 20.4 Å². The number of allylic oxidation sites excluding steroid dienone is 1. The van der Waals surface area contributed by atoms with Gasteiger partial charge in [0.05, 0.1) is 6.61 Å². The molecule has 0 bridgehead atoms. The van der Waals surface area contributed by atoms with E-state index < -0.39 is 23.3 Å². The molecule has 2 amide bonds. The summed E-state index contributed by atoms with van der Waals surface area (Å²) in [6.45, 7) is 1.74. The Morgan fingerprint density at radius 3 is 2.80 bits per heavy atom. The fraction of sp³-hybridized carbons (Fsp3) is 0.286. The summed E-state index contributed by atoms with van der Waals surface area (Å²) in [7, 11) is 0. The molecule has 0 unspecified atom stereocenters. The van der Waals surface area contributed by atoms with Gasteiger partial charge in [0.1, 0.15) is 12.1 Å². The first-order valence-corrected chi connectivity index (χ1v) is 9.58. The molecule has 0 atom stereocenters. The minimum absolute atomic E-state index is 0.190. The molecule has 0 spiro atoms. The lowest BCUT2D eigenvalue weighted by atomic mass is 9.93. The summed E-state index contributed by atoms with van der Waals surface area (Å²) in [4.78, 5) is 54.0. The molecule has 3 rings (SSSR count). The van der Waals surface area contributed by atoms with Gasteiger partial charge in [0.25, 0.3) is 17.4 Å². The molecule has 1 aromatic heterocycles. The number of aromatic amines is 1. The Kier molecular flexibility index (Phi) is 6.74.